The molecule has 2 unspecified atom stereocenters. The van der Waals surface area contributed by atoms with Gasteiger partial charge in [-0.2, -0.15) is 0 Å². The monoisotopic (exact) mass is 340 g/mol. The molecular weight excluding hydrogens is 324 g/mol. The molecule has 2 atom stereocenters. The summed E-state index contributed by atoms with van der Waals surface area (Å²) in [4.78, 5) is 12.2. The van der Waals surface area contributed by atoms with E-state index in [9.17, 15) is 4.79 Å². The van der Waals surface area contributed by atoms with E-state index in [1.165, 1.54) is 0 Å². The smallest absolute Gasteiger partial charge is 0.227 e. The molecule has 2 aliphatic rings. The molecule has 0 bridgehead atoms. The molecule has 108 valence electrons. The van der Waals surface area contributed by atoms with Crippen molar-refractivity contribution in [1.82, 2.24) is 0 Å². The van der Waals surface area contributed by atoms with Crippen LogP contribution in [0.1, 0.15) is 19.3 Å². The Morgan fingerprint density at radius 2 is 1.95 bits per heavy atom. The molecule has 20 heavy (non-hydrogen) atoms. The number of rotatable bonds is 2. The van der Waals surface area contributed by atoms with Crippen molar-refractivity contribution in [3.63, 3.8) is 0 Å². The maximum atomic E-state index is 12.2. The molecule has 1 saturated carbocycles. The lowest BCUT2D eigenvalue weighted by Gasteiger charge is -2.20. The summed E-state index contributed by atoms with van der Waals surface area (Å²) in [6.45, 7) is 1.07. The molecular formula is C14H17BrN2O3. The van der Waals surface area contributed by atoms with E-state index >= 15 is 0 Å². The van der Waals surface area contributed by atoms with Gasteiger partial charge in [-0.3, -0.25) is 4.79 Å². The molecule has 5 nitrogen and oxygen atoms in total. The number of nitrogens with one attached hydrogen (secondary N) is 1. The Kier molecular flexibility index (Phi) is 3.85. The highest BCUT2D eigenvalue weighted by Crippen LogP contribution is 2.38. The molecule has 1 amide bonds. The van der Waals surface area contributed by atoms with Crippen LogP contribution in [0.3, 0.4) is 0 Å². The van der Waals surface area contributed by atoms with Gasteiger partial charge in [0.1, 0.15) is 13.2 Å². The van der Waals surface area contributed by atoms with Gasteiger partial charge in [-0.15, -0.1) is 0 Å². The third-order valence-corrected chi connectivity index (χ3v) is 4.39. The van der Waals surface area contributed by atoms with Gasteiger partial charge >= 0.3 is 0 Å². The Morgan fingerprint density at radius 3 is 2.60 bits per heavy atom. The highest BCUT2D eigenvalue weighted by molar-refractivity contribution is 9.10. The summed E-state index contributed by atoms with van der Waals surface area (Å²) in [5.41, 5.74) is 6.56. The summed E-state index contributed by atoms with van der Waals surface area (Å²) in [6, 6.07) is 3.77. The van der Waals surface area contributed by atoms with Gasteiger partial charge in [-0.05, 0) is 35.2 Å². The average molecular weight is 341 g/mol. The van der Waals surface area contributed by atoms with Gasteiger partial charge in [0.2, 0.25) is 5.91 Å². The van der Waals surface area contributed by atoms with Crippen LogP contribution in [0.5, 0.6) is 11.5 Å². The van der Waals surface area contributed by atoms with Gasteiger partial charge in [0.05, 0.1) is 5.69 Å². The van der Waals surface area contributed by atoms with Crippen LogP contribution in [0.2, 0.25) is 0 Å². The predicted molar refractivity (Wildman–Crippen MR) is 79.1 cm³/mol. The summed E-state index contributed by atoms with van der Waals surface area (Å²) >= 11 is 3.45. The quantitative estimate of drug-likeness (QED) is 0.866. The van der Waals surface area contributed by atoms with Crippen LogP contribution in [0.25, 0.3) is 0 Å². The van der Waals surface area contributed by atoms with Crippen LogP contribution < -0.4 is 20.5 Å². The standard InChI is InChI=1S/C14H17BrN2O3/c15-10-6-12-13(20-4-3-19-12)7-11(10)17-14(18)8-1-2-9(16)5-8/h6-9H,1-5,16H2,(H,17,18). The molecule has 3 rings (SSSR count). The number of hydrogen-bond acceptors (Lipinski definition) is 4. The second-order valence-electron chi connectivity index (χ2n) is 5.24. The third-order valence-electron chi connectivity index (χ3n) is 3.73. The SMILES string of the molecule is NC1CCC(C(=O)Nc2cc3c(cc2Br)OCCO3)C1. The average Bonchev–Trinajstić information content (AvgIpc) is 2.86. The third kappa shape index (κ3) is 2.76. The van der Waals surface area contributed by atoms with E-state index < -0.39 is 0 Å². The zero-order valence-electron chi connectivity index (χ0n) is 11.0. The second-order valence-corrected chi connectivity index (χ2v) is 6.09. The Labute approximate surface area is 125 Å². The first-order valence-corrected chi connectivity index (χ1v) is 7.58. The van der Waals surface area contributed by atoms with Crippen molar-refractivity contribution >= 4 is 27.5 Å². The van der Waals surface area contributed by atoms with Gasteiger partial charge < -0.3 is 20.5 Å². The van der Waals surface area contributed by atoms with E-state index in [0.29, 0.717) is 30.4 Å². The first kappa shape index (κ1) is 13.7. The molecule has 1 fully saturated rings. The summed E-state index contributed by atoms with van der Waals surface area (Å²) < 4.78 is 11.8. The fourth-order valence-electron chi connectivity index (χ4n) is 2.65. The van der Waals surface area contributed by atoms with Crippen LogP contribution in [-0.4, -0.2) is 25.2 Å². The lowest BCUT2D eigenvalue weighted by molar-refractivity contribution is -0.119. The van der Waals surface area contributed by atoms with E-state index in [4.69, 9.17) is 15.2 Å². The van der Waals surface area contributed by atoms with E-state index in [1.807, 2.05) is 6.07 Å². The van der Waals surface area contributed by atoms with Crippen LogP contribution in [0, 0.1) is 5.92 Å². The second kappa shape index (κ2) is 5.61. The van der Waals surface area contributed by atoms with Crippen LogP contribution in [0.15, 0.2) is 16.6 Å². The number of amides is 1. The molecule has 3 N–H and O–H groups in total. The van der Waals surface area contributed by atoms with E-state index in [2.05, 4.69) is 21.2 Å². The van der Waals surface area contributed by atoms with E-state index in [0.717, 1.165) is 23.7 Å². The summed E-state index contributed by atoms with van der Waals surface area (Å²) in [5.74, 6) is 1.39. The Hall–Kier alpha value is -1.27. The zero-order chi connectivity index (χ0) is 14.1. The molecule has 1 aromatic rings. The summed E-state index contributed by atoms with van der Waals surface area (Å²) in [7, 11) is 0. The van der Waals surface area contributed by atoms with E-state index in [1.54, 1.807) is 6.07 Å². The van der Waals surface area contributed by atoms with Crippen molar-refractivity contribution in [3.05, 3.63) is 16.6 Å². The maximum absolute atomic E-state index is 12.2. The Bertz CT molecular complexity index is 535. The topological polar surface area (TPSA) is 73.6 Å². The van der Waals surface area contributed by atoms with Gasteiger partial charge in [0.25, 0.3) is 0 Å². The predicted octanol–water partition coefficient (Wildman–Crippen LogP) is 2.29. The minimum Gasteiger partial charge on any atom is -0.486 e. The normalized spacial score (nSPS) is 24.5. The van der Waals surface area contributed by atoms with Gasteiger partial charge in [0.15, 0.2) is 11.5 Å². The van der Waals surface area contributed by atoms with Crippen molar-refractivity contribution < 1.29 is 14.3 Å². The summed E-state index contributed by atoms with van der Waals surface area (Å²) in [6.07, 6.45) is 2.53. The van der Waals surface area contributed by atoms with Crippen molar-refractivity contribution in [2.75, 3.05) is 18.5 Å². The molecule has 1 aliphatic carbocycles. The maximum Gasteiger partial charge on any atom is 0.227 e. The number of hydrogen-bond donors (Lipinski definition) is 2. The minimum atomic E-state index is 0.00472. The molecule has 0 radical (unpaired) electrons. The van der Waals surface area contributed by atoms with Gasteiger partial charge in [-0.25, -0.2) is 0 Å². The van der Waals surface area contributed by atoms with Gasteiger partial charge in [-0.1, -0.05) is 0 Å². The number of benzene rings is 1. The van der Waals surface area contributed by atoms with Crippen molar-refractivity contribution in [2.24, 2.45) is 11.7 Å². The molecule has 0 aromatic heterocycles. The van der Waals surface area contributed by atoms with Crippen LogP contribution in [0.4, 0.5) is 5.69 Å². The Morgan fingerprint density at radius 1 is 1.25 bits per heavy atom. The fraction of sp³-hybridized carbons (Fsp3) is 0.500. The summed E-state index contributed by atoms with van der Waals surface area (Å²) in [5, 5.41) is 2.95. The number of fused-ring (bicyclic) bond motifs is 1. The number of ether oxygens (including phenoxy) is 2. The van der Waals surface area contributed by atoms with E-state index in [-0.39, 0.29) is 17.9 Å². The molecule has 1 aliphatic heterocycles. The minimum absolute atomic E-state index is 0.00472. The lowest BCUT2D eigenvalue weighted by atomic mass is 10.1. The number of carbonyl (C=O) groups is 1. The first-order chi connectivity index (χ1) is 9.63. The molecule has 1 heterocycles. The molecule has 0 saturated heterocycles. The highest BCUT2D eigenvalue weighted by Gasteiger charge is 2.28. The number of carbonyl (C=O) groups excluding carboxylic acids is 1. The number of nitrogens with two attached hydrogens (primary N) is 1. The zero-order valence-corrected chi connectivity index (χ0v) is 12.6. The molecule has 6 heteroatoms. The molecule has 0 spiro atoms. The van der Waals surface area contributed by atoms with Crippen LogP contribution >= 0.6 is 15.9 Å². The van der Waals surface area contributed by atoms with Crippen molar-refractivity contribution in [3.8, 4) is 11.5 Å². The fourth-order valence-corrected chi connectivity index (χ4v) is 3.07. The van der Waals surface area contributed by atoms with Crippen molar-refractivity contribution in [2.45, 2.75) is 25.3 Å². The first-order valence-electron chi connectivity index (χ1n) is 6.79. The lowest BCUT2D eigenvalue weighted by Crippen LogP contribution is -2.23. The highest BCUT2D eigenvalue weighted by atomic mass is 79.9. The number of anilines is 1. The number of halogens is 1. The molecule has 1 aromatic carbocycles. The Balaban J connectivity index is 1.75. The van der Waals surface area contributed by atoms with Crippen molar-refractivity contribution in [1.29, 1.82) is 0 Å². The van der Waals surface area contributed by atoms with Gasteiger partial charge in [0, 0.05) is 28.6 Å². The van der Waals surface area contributed by atoms with Crippen LogP contribution in [-0.2, 0) is 4.79 Å². The largest absolute Gasteiger partial charge is 0.486 e.